The first kappa shape index (κ1) is 21.3. The molecule has 0 unspecified atom stereocenters. The van der Waals surface area contributed by atoms with Gasteiger partial charge in [0.05, 0.1) is 49.2 Å². The zero-order chi connectivity index (χ0) is 23.4. The van der Waals surface area contributed by atoms with Crippen molar-refractivity contribution >= 4 is 22.6 Å². The van der Waals surface area contributed by atoms with E-state index in [1.54, 1.807) is 36.0 Å². The van der Waals surface area contributed by atoms with Gasteiger partial charge in [0.2, 0.25) is 5.95 Å². The summed E-state index contributed by atoms with van der Waals surface area (Å²) in [6.07, 6.45) is -0.102. The van der Waals surface area contributed by atoms with Crippen LogP contribution in [0.2, 0.25) is 0 Å². The Hall–Kier alpha value is -3.25. The van der Waals surface area contributed by atoms with E-state index >= 15 is 0 Å². The highest BCUT2D eigenvalue weighted by Gasteiger charge is 2.39. The van der Waals surface area contributed by atoms with Crippen LogP contribution >= 0.6 is 0 Å². The number of aryl methyl sites for hydroxylation is 1. The number of alkyl halides is 3. The molecule has 0 aliphatic carbocycles. The Kier molecular flexibility index (Phi) is 5.14. The lowest BCUT2D eigenvalue weighted by Crippen LogP contribution is -2.48. The maximum absolute atomic E-state index is 14.6. The number of fused-ring (bicyclic) bond motifs is 2. The second kappa shape index (κ2) is 8.20. The van der Waals surface area contributed by atoms with E-state index < -0.39 is 25.2 Å². The minimum absolute atomic E-state index is 0.283. The van der Waals surface area contributed by atoms with E-state index in [4.69, 9.17) is 4.74 Å². The van der Waals surface area contributed by atoms with Crippen LogP contribution in [0.3, 0.4) is 0 Å². The highest BCUT2D eigenvalue weighted by atomic mass is 19.3. The first-order chi connectivity index (χ1) is 16.5. The average molecular weight is 472 g/mol. The first-order valence-corrected chi connectivity index (χ1v) is 11.2. The quantitative estimate of drug-likeness (QED) is 0.462. The van der Waals surface area contributed by atoms with E-state index in [-0.39, 0.29) is 6.04 Å². The Morgan fingerprint density at radius 2 is 2.03 bits per heavy atom. The predicted molar refractivity (Wildman–Crippen MR) is 119 cm³/mol. The summed E-state index contributed by atoms with van der Waals surface area (Å²) in [7, 11) is 0. The minimum Gasteiger partial charge on any atom is -0.378 e. The van der Waals surface area contributed by atoms with Crippen LogP contribution in [0.25, 0.3) is 27.9 Å². The van der Waals surface area contributed by atoms with Crippen molar-refractivity contribution in [2.75, 3.05) is 31.6 Å². The third kappa shape index (κ3) is 3.66. The second-order valence-electron chi connectivity index (χ2n) is 8.75. The molecule has 0 amide bonds. The van der Waals surface area contributed by atoms with Crippen LogP contribution in [0.1, 0.15) is 5.82 Å². The summed E-state index contributed by atoms with van der Waals surface area (Å²) < 4.78 is 48.9. The number of nitrogens with zero attached hydrogens (tertiary/aromatic N) is 7. The van der Waals surface area contributed by atoms with Crippen LogP contribution in [-0.4, -0.2) is 85.0 Å². The third-order valence-electron chi connectivity index (χ3n) is 6.52. The summed E-state index contributed by atoms with van der Waals surface area (Å²) in [6, 6.07) is 5.30. The summed E-state index contributed by atoms with van der Waals surface area (Å²) in [6.45, 7) is 3.47. The van der Waals surface area contributed by atoms with Crippen molar-refractivity contribution in [3.05, 3.63) is 36.4 Å². The molecule has 9 nitrogen and oxygen atoms in total. The maximum Gasteiger partial charge on any atom is 0.256 e. The van der Waals surface area contributed by atoms with Gasteiger partial charge in [0.15, 0.2) is 5.65 Å². The topological polar surface area (TPSA) is 85.4 Å². The van der Waals surface area contributed by atoms with Gasteiger partial charge in [0, 0.05) is 24.8 Å². The molecule has 2 aliphatic heterocycles. The van der Waals surface area contributed by atoms with Crippen molar-refractivity contribution < 1.29 is 17.9 Å². The number of imidazole rings is 1. The van der Waals surface area contributed by atoms with Gasteiger partial charge in [-0.1, -0.05) is 0 Å². The Morgan fingerprint density at radius 1 is 1.18 bits per heavy atom. The fourth-order valence-corrected chi connectivity index (χ4v) is 4.63. The highest BCUT2D eigenvalue weighted by molar-refractivity contribution is 5.82. The molecule has 34 heavy (non-hydrogen) atoms. The summed E-state index contributed by atoms with van der Waals surface area (Å²) in [5.41, 5.74) is 3.04. The Bertz CT molecular complexity index is 1350. The van der Waals surface area contributed by atoms with Crippen molar-refractivity contribution in [3.8, 4) is 11.3 Å². The van der Waals surface area contributed by atoms with Crippen LogP contribution in [0.4, 0.5) is 19.1 Å². The highest BCUT2D eigenvalue weighted by Crippen LogP contribution is 2.27. The molecule has 2 atom stereocenters. The first-order valence-electron chi connectivity index (χ1n) is 11.2. The van der Waals surface area contributed by atoms with E-state index in [2.05, 4.69) is 30.3 Å². The predicted octanol–water partition coefficient (Wildman–Crippen LogP) is 2.55. The van der Waals surface area contributed by atoms with Crippen LogP contribution in [0.5, 0.6) is 0 Å². The number of hydrogen-bond donors (Lipinski definition) is 1. The lowest BCUT2D eigenvalue weighted by molar-refractivity contribution is -0.0585. The average Bonchev–Trinajstić information content (AvgIpc) is 3.42. The van der Waals surface area contributed by atoms with E-state index in [1.165, 1.54) is 4.57 Å². The largest absolute Gasteiger partial charge is 0.378 e. The van der Waals surface area contributed by atoms with E-state index in [1.807, 2.05) is 6.07 Å². The van der Waals surface area contributed by atoms with Gasteiger partial charge in [-0.15, -0.1) is 5.10 Å². The van der Waals surface area contributed by atoms with Gasteiger partial charge in [-0.05, 0) is 25.1 Å². The molecule has 0 aromatic carbocycles. The Balaban J connectivity index is 1.26. The maximum atomic E-state index is 14.6. The number of aromatic nitrogens is 6. The fraction of sp³-hybridized carbons (Fsp3) is 0.455. The molecule has 178 valence electrons. The van der Waals surface area contributed by atoms with Gasteiger partial charge < -0.3 is 14.6 Å². The van der Waals surface area contributed by atoms with E-state index in [0.717, 1.165) is 5.56 Å². The van der Waals surface area contributed by atoms with Crippen molar-refractivity contribution in [2.24, 2.45) is 0 Å². The summed E-state index contributed by atoms with van der Waals surface area (Å²) in [5.74, 6) is 0.824. The Labute approximate surface area is 192 Å². The van der Waals surface area contributed by atoms with Gasteiger partial charge >= 0.3 is 0 Å². The molecule has 0 radical (unpaired) electrons. The molecule has 2 aliphatic rings. The molecule has 0 spiro atoms. The monoisotopic (exact) mass is 472 g/mol. The molecule has 6 heterocycles. The van der Waals surface area contributed by atoms with Crippen LogP contribution in [0, 0.1) is 6.92 Å². The van der Waals surface area contributed by atoms with Gasteiger partial charge in [-0.3, -0.25) is 4.90 Å². The minimum atomic E-state index is -2.51. The standard InChI is InChI=1S/C22H23F3N8O/c1-12-27-17-3-2-16(28-21(17)32(12)9-20(24)25)14-4-5-33-19(14)6-26-22(30-33)29-18-8-31(7-15(18)23)13-10-34-11-13/h2-6,13,15,18,20H,7-11H2,1H3,(H,29,30)/t15-,18-/m1/s1. The molecule has 6 rings (SSSR count). The molecule has 2 saturated heterocycles. The molecule has 4 aromatic rings. The molecule has 0 saturated carbocycles. The van der Waals surface area contributed by atoms with Crippen LogP contribution < -0.4 is 5.32 Å². The smallest absolute Gasteiger partial charge is 0.256 e. The number of likely N-dealkylation sites (tertiary alicyclic amines) is 1. The van der Waals surface area contributed by atoms with E-state index in [9.17, 15) is 13.2 Å². The fourth-order valence-electron chi connectivity index (χ4n) is 4.63. The number of rotatable bonds is 6. The molecule has 12 heteroatoms. The Morgan fingerprint density at radius 3 is 2.79 bits per heavy atom. The van der Waals surface area contributed by atoms with Crippen LogP contribution in [-0.2, 0) is 11.3 Å². The summed E-state index contributed by atoms with van der Waals surface area (Å²) >= 11 is 0. The third-order valence-corrected chi connectivity index (χ3v) is 6.52. The zero-order valence-corrected chi connectivity index (χ0v) is 18.4. The van der Waals surface area contributed by atoms with E-state index in [0.29, 0.717) is 60.5 Å². The number of nitrogens with one attached hydrogen (secondary N) is 1. The number of hydrogen-bond acceptors (Lipinski definition) is 7. The number of anilines is 1. The normalized spacial score (nSPS) is 21.7. The van der Waals surface area contributed by atoms with Crippen molar-refractivity contribution in [1.29, 1.82) is 0 Å². The molecule has 0 bridgehead atoms. The number of ether oxygens (including phenoxy) is 1. The van der Waals surface area contributed by atoms with Gasteiger partial charge in [-0.2, -0.15) is 0 Å². The number of pyridine rings is 1. The van der Waals surface area contributed by atoms with Gasteiger partial charge in [0.1, 0.15) is 17.5 Å². The molecule has 1 N–H and O–H groups in total. The van der Waals surface area contributed by atoms with Gasteiger partial charge in [0.25, 0.3) is 6.43 Å². The van der Waals surface area contributed by atoms with Crippen molar-refractivity contribution in [2.45, 2.75) is 38.1 Å². The second-order valence-corrected chi connectivity index (χ2v) is 8.75. The summed E-state index contributed by atoms with van der Waals surface area (Å²) in [5, 5.41) is 7.61. The SMILES string of the molecule is Cc1nc2ccc(-c3ccn4nc(N[C@@H]5CN(C6COC6)C[C@H]5F)ncc34)nc2n1CC(F)F. The van der Waals surface area contributed by atoms with Crippen molar-refractivity contribution in [1.82, 2.24) is 34.0 Å². The molecular formula is C22H23F3N8O. The molecule has 2 fully saturated rings. The molecule has 4 aromatic heterocycles. The number of halogens is 3. The van der Waals surface area contributed by atoms with Crippen molar-refractivity contribution in [3.63, 3.8) is 0 Å². The lowest BCUT2D eigenvalue weighted by atomic mass is 10.2. The zero-order valence-electron chi connectivity index (χ0n) is 18.4. The lowest BCUT2D eigenvalue weighted by Gasteiger charge is -2.34. The van der Waals surface area contributed by atoms with Gasteiger partial charge in [-0.25, -0.2) is 32.6 Å². The summed E-state index contributed by atoms with van der Waals surface area (Å²) in [4.78, 5) is 15.4. The molecular weight excluding hydrogens is 449 g/mol. The van der Waals surface area contributed by atoms with Crippen LogP contribution in [0.15, 0.2) is 30.6 Å².